The van der Waals surface area contributed by atoms with Gasteiger partial charge in [0.1, 0.15) is 12.4 Å². The lowest BCUT2D eigenvalue weighted by Crippen LogP contribution is -2.42. The van der Waals surface area contributed by atoms with Gasteiger partial charge in [0.15, 0.2) is 0 Å². The summed E-state index contributed by atoms with van der Waals surface area (Å²) >= 11 is 0. The number of nitrogens with zero attached hydrogens (tertiary/aromatic N) is 2. The van der Waals surface area contributed by atoms with Gasteiger partial charge in [-0.1, -0.05) is 0 Å². The van der Waals surface area contributed by atoms with Crippen LogP contribution in [0.15, 0.2) is 18.2 Å². The number of hydrogen-bond donors (Lipinski definition) is 0. The molecule has 1 aliphatic heterocycles. The van der Waals surface area contributed by atoms with E-state index in [0.717, 1.165) is 12.8 Å². The number of carbonyl (C=O) groups excluding carboxylic acids is 2. The Bertz CT molecular complexity index is 601. The molecule has 2 amide bonds. The van der Waals surface area contributed by atoms with Gasteiger partial charge in [0, 0.05) is 38.3 Å². The molecule has 0 aromatic heterocycles. The summed E-state index contributed by atoms with van der Waals surface area (Å²) in [5, 5.41) is 0. The molecule has 3 rings (SSSR count). The number of amides is 2. The van der Waals surface area contributed by atoms with Crippen molar-refractivity contribution in [3.05, 3.63) is 29.6 Å². The topological polar surface area (TPSA) is 49.9 Å². The van der Waals surface area contributed by atoms with Crippen molar-refractivity contribution in [3.63, 3.8) is 0 Å². The largest absolute Gasteiger partial charge is 0.375 e. The molecule has 0 saturated heterocycles. The highest BCUT2D eigenvalue weighted by atomic mass is 19.1. The van der Waals surface area contributed by atoms with E-state index in [9.17, 15) is 14.0 Å². The molecule has 0 unspecified atom stereocenters. The van der Waals surface area contributed by atoms with Gasteiger partial charge in [0.2, 0.25) is 5.91 Å². The first-order chi connectivity index (χ1) is 10.6. The quantitative estimate of drug-likeness (QED) is 0.854. The molecule has 0 radical (unpaired) electrons. The monoisotopic (exact) mass is 306 g/mol. The molecule has 6 heteroatoms. The van der Waals surface area contributed by atoms with Crippen LogP contribution in [0.5, 0.6) is 0 Å². The van der Waals surface area contributed by atoms with Crippen molar-refractivity contribution in [2.24, 2.45) is 0 Å². The van der Waals surface area contributed by atoms with Crippen LogP contribution in [-0.2, 0) is 20.9 Å². The Morgan fingerprint density at radius 1 is 1.41 bits per heavy atom. The molecule has 2 aliphatic rings. The van der Waals surface area contributed by atoms with Crippen molar-refractivity contribution in [3.8, 4) is 0 Å². The van der Waals surface area contributed by atoms with E-state index < -0.39 is 0 Å². The van der Waals surface area contributed by atoms with Crippen LogP contribution in [0.4, 0.5) is 10.1 Å². The van der Waals surface area contributed by atoms with Crippen LogP contribution in [0.2, 0.25) is 0 Å². The molecule has 0 N–H and O–H groups in total. The zero-order valence-corrected chi connectivity index (χ0v) is 12.5. The van der Waals surface area contributed by atoms with Crippen LogP contribution in [-0.4, -0.2) is 43.0 Å². The Labute approximate surface area is 128 Å². The lowest BCUT2D eigenvalue weighted by Gasteiger charge is -2.32. The molecule has 5 nitrogen and oxygen atoms in total. The van der Waals surface area contributed by atoms with E-state index >= 15 is 0 Å². The highest BCUT2D eigenvalue weighted by molar-refractivity contribution is 5.96. The number of hydrogen-bond acceptors (Lipinski definition) is 3. The fourth-order valence-corrected chi connectivity index (χ4v) is 2.87. The third-order valence-electron chi connectivity index (χ3n) is 4.10. The van der Waals surface area contributed by atoms with E-state index in [2.05, 4.69) is 0 Å². The van der Waals surface area contributed by atoms with Gasteiger partial charge in [-0.3, -0.25) is 9.59 Å². The Morgan fingerprint density at radius 3 is 2.86 bits per heavy atom. The maximum atomic E-state index is 13.6. The van der Waals surface area contributed by atoms with Crippen LogP contribution < -0.4 is 4.90 Å². The first-order valence-corrected chi connectivity index (χ1v) is 7.47. The molecular formula is C16H19FN2O3. The maximum Gasteiger partial charge on any atom is 0.252 e. The summed E-state index contributed by atoms with van der Waals surface area (Å²) in [6.07, 6.45) is 2.29. The number of methoxy groups -OCH3 is 1. The van der Waals surface area contributed by atoms with Crippen LogP contribution in [0.25, 0.3) is 0 Å². The molecule has 0 spiro atoms. The number of rotatable bonds is 3. The van der Waals surface area contributed by atoms with E-state index in [1.54, 1.807) is 6.07 Å². The number of anilines is 1. The van der Waals surface area contributed by atoms with E-state index in [1.807, 2.05) is 4.90 Å². The molecule has 1 fully saturated rings. The third-order valence-corrected chi connectivity index (χ3v) is 4.10. The summed E-state index contributed by atoms with van der Waals surface area (Å²) in [7, 11) is 1.45. The van der Waals surface area contributed by atoms with Crippen molar-refractivity contribution >= 4 is 17.5 Å². The lowest BCUT2D eigenvalue weighted by atomic mass is 10.1. The Balaban J connectivity index is 1.97. The van der Waals surface area contributed by atoms with Crippen molar-refractivity contribution in [1.29, 1.82) is 0 Å². The average molecular weight is 306 g/mol. The predicted octanol–water partition coefficient (Wildman–Crippen LogP) is 1.70. The second-order valence-corrected chi connectivity index (χ2v) is 5.75. The zero-order chi connectivity index (χ0) is 15.7. The Kier molecular flexibility index (Phi) is 4.11. The molecule has 118 valence electrons. The number of carbonyl (C=O) groups is 2. The lowest BCUT2D eigenvalue weighted by molar-refractivity contribution is -0.132. The second kappa shape index (κ2) is 6.04. The smallest absolute Gasteiger partial charge is 0.252 e. The summed E-state index contributed by atoms with van der Waals surface area (Å²) in [6, 6.07) is 4.64. The minimum atomic E-state index is -0.360. The minimum absolute atomic E-state index is 0.0210. The predicted molar refractivity (Wildman–Crippen MR) is 78.8 cm³/mol. The molecule has 1 saturated carbocycles. The van der Waals surface area contributed by atoms with Crippen LogP contribution >= 0.6 is 0 Å². The number of ether oxygens (including phenoxy) is 1. The molecule has 0 atom stereocenters. The Hall–Kier alpha value is -1.95. The summed E-state index contributed by atoms with van der Waals surface area (Å²) in [5.41, 5.74) is 1.34. The van der Waals surface area contributed by atoms with Crippen LogP contribution in [0, 0.1) is 5.82 Å². The summed E-state index contributed by atoms with van der Waals surface area (Å²) in [5.74, 6) is -0.558. The zero-order valence-electron chi connectivity index (χ0n) is 12.5. The first kappa shape index (κ1) is 15.0. The van der Waals surface area contributed by atoms with Crippen molar-refractivity contribution in [2.75, 3.05) is 25.2 Å². The van der Waals surface area contributed by atoms with Crippen molar-refractivity contribution in [2.45, 2.75) is 31.8 Å². The number of halogens is 1. The summed E-state index contributed by atoms with van der Waals surface area (Å²) in [4.78, 5) is 27.9. The fourth-order valence-electron chi connectivity index (χ4n) is 2.87. The Morgan fingerprint density at radius 2 is 2.18 bits per heavy atom. The number of fused-ring (bicyclic) bond motifs is 1. The maximum absolute atomic E-state index is 13.6. The van der Waals surface area contributed by atoms with E-state index in [0.29, 0.717) is 24.3 Å². The SMILES string of the molecule is COCC(=O)N1CCC(=O)N(C2CC2)Cc2cc(F)ccc21. The summed E-state index contributed by atoms with van der Waals surface area (Å²) in [6.45, 7) is 0.591. The highest BCUT2D eigenvalue weighted by Crippen LogP contribution is 2.33. The number of benzene rings is 1. The van der Waals surface area contributed by atoms with Crippen LogP contribution in [0.3, 0.4) is 0 Å². The third kappa shape index (κ3) is 2.97. The molecule has 0 bridgehead atoms. The van der Waals surface area contributed by atoms with Gasteiger partial charge < -0.3 is 14.5 Å². The van der Waals surface area contributed by atoms with Gasteiger partial charge in [0.05, 0.1) is 0 Å². The average Bonchev–Trinajstić information content (AvgIpc) is 3.29. The van der Waals surface area contributed by atoms with Gasteiger partial charge in [-0.05, 0) is 36.6 Å². The summed E-state index contributed by atoms with van der Waals surface area (Å²) < 4.78 is 18.5. The molecule has 22 heavy (non-hydrogen) atoms. The molecule has 1 aromatic rings. The van der Waals surface area contributed by atoms with E-state index in [-0.39, 0.29) is 36.7 Å². The molecule has 1 heterocycles. The first-order valence-electron chi connectivity index (χ1n) is 7.47. The van der Waals surface area contributed by atoms with Crippen LogP contribution in [0.1, 0.15) is 24.8 Å². The second-order valence-electron chi connectivity index (χ2n) is 5.75. The fraction of sp³-hybridized carbons (Fsp3) is 0.500. The van der Waals surface area contributed by atoms with Crippen molar-refractivity contribution in [1.82, 2.24) is 4.90 Å². The van der Waals surface area contributed by atoms with Gasteiger partial charge in [0.25, 0.3) is 5.91 Å². The van der Waals surface area contributed by atoms with Gasteiger partial charge >= 0.3 is 0 Å². The standard InChI is InChI=1S/C16H19FN2O3/c1-22-10-16(21)18-7-6-15(20)19(13-3-4-13)9-11-8-12(17)2-5-14(11)18/h2,5,8,13H,3-4,6-7,9-10H2,1H3. The molecular weight excluding hydrogens is 287 g/mol. The molecule has 1 aliphatic carbocycles. The van der Waals surface area contributed by atoms with Gasteiger partial charge in [-0.25, -0.2) is 4.39 Å². The van der Waals surface area contributed by atoms with Gasteiger partial charge in [-0.15, -0.1) is 0 Å². The van der Waals surface area contributed by atoms with E-state index in [4.69, 9.17) is 4.74 Å². The highest BCUT2D eigenvalue weighted by Gasteiger charge is 2.35. The van der Waals surface area contributed by atoms with E-state index in [1.165, 1.54) is 24.1 Å². The van der Waals surface area contributed by atoms with Gasteiger partial charge in [-0.2, -0.15) is 0 Å². The molecule has 1 aromatic carbocycles. The normalized spacial score (nSPS) is 18.7. The minimum Gasteiger partial charge on any atom is -0.375 e. The van der Waals surface area contributed by atoms with Crippen molar-refractivity contribution < 1.29 is 18.7 Å².